The van der Waals surface area contributed by atoms with Crippen molar-refractivity contribution in [2.45, 2.75) is 26.0 Å². The quantitative estimate of drug-likeness (QED) is 0.504. The number of aliphatic hydroxyl groups is 1. The van der Waals surface area contributed by atoms with E-state index in [-0.39, 0.29) is 6.10 Å². The minimum Gasteiger partial charge on any atom is -0.391 e. The normalized spacial score (nSPS) is 12.6. The molecule has 2 aromatic heterocycles. The number of aliphatic hydroxyl groups excluding tert-OH is 1. The van der Waals surface area contributed by atoms with Gasteiger partial charge in [0.1, 0.15) is 18.6 Å². The van der Waals surface area contributed by atoms with E-state index in [0.29, 0.717) is 37.3 Å². The van der Waals surface area contributed by atoms with Gasteiger partial charge in [-0.05, 0) is 11.8 Å². The van der Waals surface area contributed by atoms with Crippen LogP contribution in [0.5, 0.6) is 0 Å². The number of ether oxygens (including phenoxy) is 1. The highest BCUT2D eigenvalue weighted by molar-refractivity contribution is 7.98. The van der Waals surface area contributed by atoms with E-state index in [2.05, 4.69) is 15.3 Å². The minimum atomic E-state index is -0.374. The van der Waals surface area contributed by atoms with Crippen LogP contribution >= 0.6 is 23.4 Å². The van der Waals surface area contributed by atoms with Gasteiger partial charge >= 0.3 is 0 Å². The number of thioether (sulfide) groups is 1. The first-order valence-electron chi connectivity index (χ1n) is 8.66. The zero-order valence-corrected chi connectivity index (χ0v) is 16.7. The highest BCUT2D eigenvalue weighted by atomic mass is 35.5. The Morgan fingerprint density at radius 3 is 2.89 bits per heavy atom. The molecular weight excluding hydrogens is 384 g/mol. The van der Waals surface area contributed by atoms with Gasteiger partial charge in [0.2, 0.25) is 0 Å². The Bertz CT molecular complexity index is 860. The van der Waals surface area contributed by atoms with E-state index >= 15 is 0 Å². The van der Waals surface area contributed by atoms with Crippen LogP contribution in [0.15, 0.2) is 42.9 Å². The first kappa shape index (κ1) is 20.1. The van der Waals surface area contributed by atoms with Crippen molar-refractivity contribution >= 4 is 34.4 Å². The van der Waals surface area contributed by atoms with E-state index in [9.17, 15) is 5.11 Å². The number of nitrogens with zero attached hydrogens (tertiary/aromatic N) is 3. The van der Waals surface area contributed by atoms with Gasteiger partial charge in [0.25, 0.3) is 0 Å². The fourth-order valence-corrected chi connectivity index (χ4v) is 3.60. The number of hydrogen-bond donors (Lipinski definition) is 2. The van der Waals surface area contributed by atoms with Crippen LogP contribution in [0.4, 0.5) is 0 Å². The minimum absolute atomic E-state index is 0.355. The lowest BCUT2D eigenvalue weighted by atomic mass is 10.2. The van der Waals surface area contributed by atoms with E-state index in [1.54, 1.807) is 11.8 Å². The third-order valence-corrected chi connectivity index (χ3v) is 5.07. The molecule has 2 N–H and O–H groups in total. The fourth-order valence-electron chi connectivity index (χ4n) is 2.85. The molecule has 1 atom stereocenters. The van der Waals surface area contributed by atoms with Gasteiger partial charge in [0.15, 0.2) is 5.15 Å². The van der Waals surface area contributed by atoms with Crippen LogP contribution in [0.2, 0.25) is 5.15 Å². The van der Waals surface area contributed by atoms with Gasteiger partial charge in [0, 0.05) is 30.6 Å². The van der Waals surface area contributed by atoms with Crippen molar-refractivity contribution in [2.75, 3.05) is 18.6 Å². The molecule has 6 nitrogen and oxygen atoms in total. The zero-order chi connectivity index (χ0) is 19.1. The molecule has 27 heavy (non-hydrogen) atoms. The lowest BCUT2D eigenvalue weighted by Crippen LogP contribution is -2.28. The van der Waals surface area contributed by atoms with Gasteiger partial charge in [-0.25, -0.2) is 9.97 Å². The van der Waals surface area contributed by atoms with Crippen LogP contribution in [0.3, 0.4) is 0 Å². The van der Waals surface area contributed by atoms with E-state index in [1.807, 2.05) is 47.4 Å². The van der Waals surface area contributed by atoms with E-state index in [1.165, 1.54) is 6.33 Å². The van der Waals surface area contributed by atoms with Crippen molar-refractivity contribution in [1.29, 1.82) is 0 Å². The fraction of sp³-hybridized carbons (Fsp3) is 0.368. The van der Waals surface area contributed by atoms with E-state index < -0.39 is 0 Å². The second-order valence-corrected chi connectivity index (χ2v) is 7.46. The summed E-state index contributed by atoms with van der Waals surface area (Å²) >= 11 is 7.93. The Morgan fingerprint density at radius 2 is 2.11 bits per heavy atom. The maximum atomic E-state index is 9.86. The molecule has 0 aliphatic rings. The maximum Gasteiger partial charge on any atom is 0.156 e. The summed E-state index contributed by atoms with van der Waals surface area (Å²) in [5, 5.41) is 13.5. The summed E-state index contributed by atoms with van der Waals surface area (Å²) in [5.74, 6) is 0.704. The molecule has 0 aliphatic carbocycles. The second kappa shape index (κ2) is 10.1. The van der Waals surface area contributed by atoms with Crippen molar-refractivity contribution in [1.82, 2.24) is 19.9 Å². The summed E-state index contributed by atoms with van der Waals surface area (Å²) in [7, 11) is 0. The summed E-state index contributed by atoms with van der Waals surface area (Å²) in [6.07, 6.45) is 5.04. The molecule has 3 aromatic rings. The summed E-state index contributed by atoms with van der Waals surface area (Å²) in [5.41, 5.74) is 3.66. The number of hydrogen-bond acceptors (Lipinski definition) is 6. The van der Waals surface area contributed by atoms with Crippen molar-refractivity contribution < 1.29 is 9.84 Å². The van der Waals surface area contributed by atoms with E-state index in [4.69, 9.17) is 16.3 Å². The molecule has 0 bridgehead atoms. The van der Waals surface area contributed by atoms with Gasteiger partial charge in [-0.15, -0.1) is 0 Å². The van der Waals surface area contributed by atoms with Crippen LogP contribution in [0.1, 0.15) is 11.1 Å². The number of nitrogens with one attached hydrogen (secondary N) is 1. The van der Waals surface area contributed by atoms with Gasteiger partial charge in [0.05, 0.1) is 18.2 Å². The van der Waals surface area contributed by atoms with Crippen LogP contribution in [-0.4, -0.2) is 44.3 Å². The van der Waals surface area contributed by atoms with Gasteiger partial charge in [-0.1, -0.05) is 41.9 Å². The van der Waals surface area contributed by atoms with Crippen molar-refractivity contribution in [3.8, 4) is 0 Å². The molecular formula is C19H23ClN4O2S. The molecule has 0 aliphatic heterocycles. The zero-order valence-electron chi connectivity index (χ0n) is 15.1. The van der Waals surface area contributed by atoms with E-state index in [0.717, 1.165) is 22.2 Å². The third kappa shape index (κ3) is 5.43. The molecule has 0 fully saturated rings. The highest BCUT2D eigenvalue weighted by Crippen LogP contribution is 2.25. The largest absolute Gasteiger partial charge is 0.391 e. The summed E-state index contributed by atoms with van der Waals surface area (Å²) < 4.78 is 7.77. The average molecular weight is 407 g/mol. The number of aromatic nitrogens is 3. The molecule has 3 rings (SSSR count). The first-order chi connectivity index (χ1) is 13.2. The molecule has 0 saturated carbocycles. The smallest absolute Gasteiger partial charge is 0.156 e. The van der Waals surface area contributed by atoms with Crippen LogP contribution in [0, 0.1) is 0 Å². The Balaban J connectivity index is 1.69. The third-order valence-electron chi connectivity index (χ3n) is 4.08. The Morgan fingerprint density at radius 1 is 1.30 bits per heavy atom. The monoisotopic (exact) mass is 406 g/mol. The van der Waals surface area contributed by atoms with Crippen LogP contribution < -0.4 is 5.32 Å². The van der Waals surface area contributed by atoms with Gasteiger partial charge in [-0.2, -0.15) is 11.8 Å². The molecule has 144 valence electrons. The predicted octanol–water partition coefficient (Wildman–Crippen LogP) is 3.07. The molecule has 0 spiro atoms. The Hall–Kier alpha value is -1.64. The molecule has 1 unspecified atom stereocenters. The SMILES string of the molecule is CSCC(O)CNCc1cn(COCc2ccccc2)c2c(Cl)ncnc12. The average Bonchev–Trinajstić information content (AvgIpc) is 3.02. The maximum absolute atomic E-state index is 9.86. The summed E-state index contributed by atoms with van der Waals surface area (Å²) in [4.78, 5) is 8.48. The van der Waals surface area contributed by atoms with Crippen molar-refractivity contribution in [2.24, 2.45) is 0 Å². The van der Waals surface area contributed by atoms with Gasteiger partial charge < -0.3 is 19.7 Å². The second-order valence-electron chi connectivity index (χ2n) is 6.19. The number of benzene rings is 1. The highest BCUT2D eigenvalue weighted by Gasteiger charge is 2.14. The Kier molecular flexibility index (Phi) is 7.49. The number of fused-ring (bicyclic) bond motifs is 1. The first-order valence-corrected chi connectivity index (χ1v) is 10.4. The van der Waals surface area contributed by atoms with Gasteiger partial charge in [-0.3, -0.25) is 0 Å². The molecule has 1 aromatic carbocycles. The summed E-state index contributed by atoms with van der Waals surface area (Å²) in [6.45, 7) is 1.98. The number of rotatable bonds is 10. The topological polar surface area (TPSA) is 72.2 Å². The standard InChI is InChI=1S/C19H23ClN4O2S/c1-27-11-16(25)8-21-7-15-9-24(18-17(15)22-12-23-19(18)20)13-26-10-14-5-3-2-4-6-14/h2-6,9,12,16,21,25H,7-8,10-11,13H2,1H3. The lowest BCUT2D eigenvalue weighted by molar-refractivity contribution is 0.0667. The molecule has 2 heterocycles. The Labute approximate surface area is 167 Å². The van der Waals surface area contributed by atoms with Crippen LogP contribution in [0.25, 0.3) is 11.0 Å². The molecule has 8 heteroatoms. The van der Waals surface area contributed by atoms with Crippen molar-refractivity contribution in [3.63, 3.8) is 0 Å². The van der Waals surface area contributed by atoms with Crippen molar-refractivity contribution in [3.05, 3.63) is 59.1 Å². The van der Waals surface area contributed by atoms with Crippen LogP contribution in [-0.2, 0) is 24.6 Å². The molecule has 0 amide bonds. The lowest BCUT2D eigenvalue weighted by Gasteiger charge is -2.09. The number of halogens is 1. The summed E-state index contributed by atoms with van der Waals surface area (Å²) in [6, 6.07) is 10.0. The molecule has 0 radical (unpaired) electrons. The molecule has 0 saturated heterocycles. The predicted molar refractivity (Wildman–Crippen MR) is 110 cm³/mol.